The molecule has 2 aromatic carbocycles. The van der Waals surface area contributed by atoms with Gasteiger partial charge in [-0.3, -0.25) is 0 Å². The molecular weight excluding hydrogens is 215 g/mol. The molecule has 0 heterocycles. The highest BCUT2D eigenvalue weighted by atomic mass is 19.1. The van der Waals surface area contributed by atoms with Crippen LogP contribution < -0.4 is 0 Å². The minimum atomic E-state index is -0.585. The summed E-state index contributed by atoms with van der Waals surface area (Å²) >= 11 is 0. The van der Waals surface area contributed by atoms with E-state index in [0.29, 0.717) is 5.56 Å². The lowest BCUT2D eigenvalue weighted by Gasteiger charge is -2.05. The molecule has 3 heteroatoms. The van der Waals surface area contributed by atoms with E-state index in [1.807, 2.05) is 12.1 Å². The van der Waals surface area contributed by atoms with Crippen molar-refractivity contribution in [3.8, 4) is 23.3 Å². The maximum absolute atomic E-state index is 13.9. The van der Waals surface area contributed by atoms with E-state index in [-0.39, 0.29) is 16.7 Å². The highest BCUT2D eigenvalue weighted by Crippen LogP contribution is 2.26. The van der Waals surface area contributed by atoms with Crippen molar-refractivity contribution in [2.75, 3.05) is 0 Å². The van der Waals surface area contributed by atoms with Gasteiger partial charge in [-0.25, -0.2) is 4.39 Å². The molecule has 0 aliphatic carbocycles. The Morgan fingerprint density at radius 2 is 1.65 bits per heavy atom. The topological polar surface area (TPSA) is 47.6 Å². The van der Waals surface area contributed by atoms with Gasteiger partial charge < -0.3 is 0 Å². The van der Waals surface area contributed by atoms with E-state index in [1.165, 1.54) is 12.1 Å². The largest absolute Gasteiger partial charge is 0.205 e. The van der Waals surface area contributed by atoms with Crippen LogP contribution >= 0.6 is 0 Å². The van der Waals surface area contributed by atoms with Gasteiger partial charge in [0.25, 0.3) is 0 Å². The predicted octanol–water partition coefficient (Wildman–Crippen LogP) is 3.24. The second-order valence-corrected chi connectivity index (χ2v) is 3.47. The average Bonchev–Trinajstić information content (AvgIpc) is 2.40. The van der Waals surface area contributed by atoms with Crippen LogP contribution in [0.2, 0.25) is 0 Å². The van der Waals surface area contributed by atoms with Gasteiger partial charge in [0, 0.05) is 5.56 Å². The van der Waals surface area contributed by atoms with Crippen LogP contribution in [-0.4, -0.2) is 0 Å². The van der Waals surface area contributed by atoms with E-state index in [4.69, 9.17) is 10.5 Å². The molecule has 0 amide bonds. The van der Waals surface area contributed by atoms with Gasteiger partial charge in [-0.15, -0.1) is 0 Å². The molecule has 0 radical (unpaired) electrons. The molecule has 80 valence electrons. The molecule has 0 saturated heterocycles. The van der Waals surface area contributed by atoms with Crippen molar-refractivity contribution in [1.82, 2.24) is 0 Å². The number of hydrogen-bond donors (Lipinski definition) is 0. The maximum atomic E-state index is 13.9. The third-order valence-corrected chi connectivity index (χ3v) is 2.41. The fraction of sp³-hybridized carbons (Fsp3) is 0. The molecule has 2 nitrogen and oxygen atoms in total. The molecule has 17 heavy (non-hydrogen) atoms. The molecule has 0 fully saturated rings. The quantitative estimate of drug-likeness (QED) is 0.743. The van der Waals surface area contributed by atoms with E-state index in [2.05, 4.69) is 0 Å². The summed E-state index contributed by atoms with van der Waals surface area (Å²) < 4.78 is 13.9. The first kappa shape index (κ1) is 10.9. The first-order valence-corrected chi connectivity index (χ1v) is 4.95. The molecule has 0 N–H and O–H groups in total. The third-order valence-electron chi connectivity index (χ3n) is 2.41. The zero-order chi connectivity index (χ0) is 12.3. The molecular formula is C14H7FN2. The van der Waals surface area contributed by atoms with Gasteiger partial charge in [0.2, 0.25) is 0 Å². The SMILES string of the molecule is N#Cc1cc(C#N)c(F)c(-c2ccccc2)c1. The van der Waals surface area contributed by atoms with Crippen LogP contribution in [0.3, 0.4) is 0 Å². The van der Waals surface area contributed by atoms with Crippen LogP contribution in [0.25, 0.3) is 11.1 Å². The number of nitriles is 2. The molecule has 0 atom stereocenters. The van der Waals surface area contributed by atoms with Crippen molar-refractivity contribution in [3.05, 3.63) is 59.4 Å². The second-order valence-electron chi connectivity index (χ2n) is 3.47. The Hall–Kier alpha value is -2.65. The minimum absolute atomic E-state index is 0.108. The van der Waals surface area contributed by atoms with Crippen LogP contribution in [-0.2, 0) is 0 Å². The third kappa shape index (κ3) is 2.00. The van der Waals surface area contributed by atoms with E-state index < -0.39 is 5.82 Å². The van der Waals surface area contributed by atoms with Gasteiger partial charge in [0.1, 0.15) is 11.9 Å². The zero-order valence-corrected chi connectivity index (χ0v) is 8.81. The molecule has 2 rings (SSSR count). The van der Waals surface area contributed by atoms with Crippen molar-refractivity contribution in [3.63, 3.8) is 0 Å². The maximum Gasteiger partial charge on any atom is 0.148 e. The number of halogens is 1. The van der Waals surface area contributed by atoms with Gasteiger partial charge in [-0.05, 0) is 17.7 Å². The zero-order valence-electron chi connectivity index (χ0n) is 8.81. The monoisotopic (exact) mass is 222 g/mol. The summed E-state index contributed by atoms with van der Waals surface area (Å²) in [5.74, 6) is -0.585. The van der Waals surface area contributed by atoms with Crippen molar-refractivity contribution >= 4 is 0 Å². The number of rotatable bonds is 1. The van der Waals surface area contributed by atoms with Gasteiger partial charge >= 0.3 is 0 Å². The summed E-state index contributed by atoms with van der Waals surface area (Å²) in [5, 5.41) is 17.6. The van der Waals surface area contributed by atoms with Crippen LogP contribution in [0.15, 0.2) is 42.5 Å². The predicted molar refractivity (Wildman–Crippen MR) is 61.3 cm³/mol. The Morgan fingerprint density at radius 3 is 2.24 bits per heavy atom. The summed E-state index contributed by atoms with van der Waals surface area (Å²) in [4.78, 5) is 0. The Bertz CT molecular complexity index is 634. The van der Waals surface area contributed by atoms with Crippen molar-refractivity contribution in [1.29, 1.82) is 10.5 Å². The Kier molecular flexibility index (Phi) is 2.85. The molecule has 0 aliphatic rings. The summed E-state index contributed by atoms with van der Waals surface area (Å²) in [7, 11) is 0. The molecule has 0 unspecified atom stereocenters. The molecule has 2 aromatic rings. The molecule has 0 spiro atoms. The van der Waals surface area contributed by atoms with E-state index in [0.717, 1.165) is 0 Å². The highest BCUT2D eigenvalue weighted by molar-refractivity contribution is 5.68. The Labute approximate surface area is 98.2 Å². The highest BCUT2D eigenvalue weighted by Gasteiger charge is 2.11. The molecule has 0 bridgehead atoms. The average molecular weight is 222 g/mol. The van der Waals surface area contributed by atoms with E-state index >= 15 is 0 Å². The lowest BCUT2D eigenvalue weighted by atomic mass is 9.99. The fourth-order valence-electron chi connectivity index (χ4n) is 1.60. The van der Waals surface area contributed by atoms with Crippen LogP contribution in [0.5, 0.6) is 0 Å². The molecule has 0 aromatic heterocycles. The Morgan fingerprint density at radius 1 is 0.941 bits per heavy atom. The standard InChI is InChI=1S/C14H7FN2/c15-14-12(9-17)6-10(8-16)7-13(14)11-4-2-1-3-5-11/h1-7H. The normalized spacial score (nSPS) is 9.35. The van der Waals surface area contributed by atoms with Gasteiger partial charge in [-0.1, -0.05) is 30.3 Å². The number of benzene rings is 2. The Balaban J connectivity index is 2.71. The van der Waals surface area contributed by atoms with Crippen molar-refractivity contribution in [2.24, 2.45) is 0 Å². The number of hydrogen-bond acceptors (Lipinski definition) is 2. The van der Waals surface area contributed by atoms with Crippen LogP contribution in [0, 0.1) is 28.5 Å². The molecule has 0 aliphatic heterocycles. The lowest BCUT2D eigenvalue weighted by molar-refractivity contribution is 0.627. The summed E-state index contributed by atoms with van der Waals surface area (Å²) in [5.41, 5.74) is 1.10. The fourth-order valence-corrected chi connectivity index (χ4v) is 1.60. The van der Waals surface area contributed by atoms with Crippen LogP contribution in [0.1, 0.15) is 11.1 Å². The summed E-state index contributed by atoms with van der Waals surface area (Å²) in [6.07, 6.45) is 0. The van der Waals surface area contributed by atoms with Gasteiger partial charge in [0.15, 0.2) is 0 Å². The van der Waals surface area contributed by atoms with Crippen molar-refractivity contribution in [2.45, 2.75) is 0 Å². The van der Waals surface area contributed by atoms with E-state index in [1.54, 1.807) is 30.3 Å². The van der Waals surface area contributed by atoms with Crippen molar-refractivity contribution < 1.29 is 4.39 Å². The second kappa shape index (κ2) is 4.47. The summed E-state index contributed by atoms with van der Waals surface area (Å²) in [6.45, 7) is 0. The summed E-state index contributed by atoms with van der Waals surface area (Å²) in [6, 6.07) is 15.2. The smallest absolute Gasteiger partial charge is 0.148 e. The lowest BCUT2D eigenvalue weighted by Crippen LogP contribution is -1.91. The van der Waals surface area contributed by atoms with Crippen LogP contribution in [0.4, 0.5) is 4.39 Å². The first-order valence-electron chi connectivity index (χ1n) is 4.95. The number of nitrogens with zero attached hydrogens (tertiary/aromatic N) is 2. The minimum Gasteiger partial charge on any atom is -0.205 e. The van der Waals surface area contributed by atoms with Gasteiger partial charge in [-0.2, -0.15) is 10.5 Å². The first-order chi connectivity index (χ1) is 8.26. The van der Waals surface area contributed by atoms with E-state index in [9.17, 15) is 4.39 Å². The molecule has 0 saturated carbocycles. The van der Waals surface area contributed by atoms with Gasteiger partial charge in [0.05, 0.1) is 17.2 Å².